The molecule has 0 bridgehead atoms. The van der Waals surface area contributed by atoms with Crippen molar-refractivity contribution in [2.75, 3.05) is 5.32 Å². The average Bonchev–Trinajstić information content (AvgIpc) is 2.72. The van der Waals surface area contributed by atoms with Crippen molar-refractivity contribution in [1.82, 2.24) is 9.97 Å². The van der Waals surface area contributed by atoms with Crippen molar-refractivity contribution >= 4 is 39.9 Å². The smallest absolute Gasteiger partial charge is 0.342 e. The van der Waals surface area contributed by atoms with Crippen LogP contribution in [0.3, 0.4) is 0 Å². The van der Waals surface area contributed by atoms with Crippen LogP contribution in [0.1, 0.15) is 10.4 Å². The van der Waals surface area contributed by atoms with Gasteiger partial charge in [-0.2, -0.15) is 13.2 Å². The molecule has 0 aliphatic carbocycles. The minimum atomic E-state index is -5.25. The van der Waals surface area contributed by atoms with Crippen molar-refractivity contribution in [3.63, 3.8) is 0 Å². The molecule has 162 valence electrons. The molecule has 0 atom stereocenters. The van der Waals surface area contributed by atoms with Gasteiger partial charge in [0, 0.05) is 27.9 Å². The van der Waals surface area contributed by atoms with E-state index in [0.29, 0.717) is 5.69 Å². The van der Waals surface area contributed by atoms with Crippen molar-refractivity contribution < 1.29 is 22.4 Å². The number of benzene rings is 2. The third-order valence-corrected chi connectivity index (χ3v) is 4.79. The number of carbonyl (C=O) groups excluding carboxylic acids is 1. The maximum absolute atomic E-state index is 14.4. The fourth-order valence-corrected chi connectivity index (χ4v) is 3.32. The highest BCUT2D eigenvalue weighted by molar-refractivity contribution is 6.30. The summed E-state index contributed by atoms with van der Waals surface area (Å²) >= 11 is 5.74. The standard InChI is InChI=1S/C22H12ClF4N3O2/c23-11-6-7-13(15(24)8-11)16-9-14(20(32)22(25,26)27)19-17(31)10-18(30-21(19)29-16)28-12-4-2-1-3-5-12/h1-10H,(H2,28,29,30,31). The van der Waals surface area contributed by atoms with Gasteiger partial charge in [0.15, 0.2) is 5.43 Å². The second kappa shape index (κ2) is 8.08. The Morgan fingerprint density at radius 3 is 2.41 bits per heavy atom. The maximum atomic E-state index is 14.4. The monoisotopic (exact) mass is 461 g/mol. The summed E-state index contributed by atoms with van der Waals surface area (Å²) < 4.78 is 54.2. The van der Waals surface area contributed by atoms with Crippen molar-refractivity contribution in [1.29, 1.82) is 0 Å². The van der Waals surface area contributed by atoms with E-state index in [2.05, 4.69) is 15.3 Å². The molecule has 2 aromatic heterocycles. The van der Waals surface area contributed by atoms with E-state index in [1.807, 2.05) is 0 Å². The van der Waals surface area contributed by atoms with Gasteiger partial charge in [-0.05, 0) is 36.4 Å². The van der Waals surface area contributed by atoms with Crippen LogP contribution in [0.5, 0.6) is 0 Å². The zero-order valence-corrected chi connectivity index (χ0v) is 16.7. The molecule has 4 rings (SSSR count). The molecule has 2 heterocycles. The molecule has 0 aliphatic heterocycles. The van der Waals surface area contributed by atoms with Crippen LogP contribution in [0.2, 0.25) is 5.02 Å². The summed E-state index contributed by atoms with van der Waals surface area (Å²) in [6.07, 6.45) is -5.25. The lowest BCUT2D eigenvalue weighted by atomic mass is 10.0. The quantitative estimate of drug-likeness (QED) is 0.294. The molecule has 0 unspecified atom stereocenters. The first-order valence-corrected chi connectivity index (χ1v) is 9.48. The Morgan fingerprint density at radius 1 is 1.03 bits per heavy atom. The number of nitrogens with zero attached hydrogens (tertiary/aromatic N) is 1. The average molecular weight is 462 g/mol. The number of rotatable bonds is 4. The second-order valence-corrected chi connectivity index (χ2v) is 7.20. The Balaban J connectivity index is 1.97. The first-order chi connectivity index (χ1) is 15.1. The number of hydrogen-bond acceptors (Lipinski definition) is 4. The number of pyridine rings is 2. The molecule has 0 radical (unpaired) electrons. The first kappa shape index (κ1) is 21.5. The van der Waals surface area contributed by atoms with E-state index in [1.54, 1.807) is 30.3 Å². The molecule has 10 heteroatoms. The fraction of sp³-hybridized carbons (Fsp3) is 0.0455. The molecule has 0 spiro atoms. The molecule has 4 aromatic rings. The molecule has 0 saturated heterocycles. The predicted octanol–water partition coefficient (Wildman–Crippen LogP) is 5.87. The highest BCUT2D eigenvalue weighted by Crippen LogP contribution is 2.31. The fourth-order valence-electron chi connectivity index (χ4n) is 3.16. The molecule has 0 aliphatic rings. The first-order valence-electron chi connectivity index (χ1n) is 9.10. The van der Waals surface area contributed by atoms with E-state index >= 15 is 0 Å². The van der Waals surface area contributed by atoms with Crippen LogP contribution in [0.4, 0.5) is 29.1 Å². The van der Waals surface area contributed by atoms with Gasteiger partial charge >= 0.3 is 6.18 Å². The van der Waals surface area contributed by atoms with Gasteiger partial charge in [0.1, 0.15) is 17.3 Å². The summed E-state index contributed by atoms with van der Waals surface area (Å²) in [5.41, 5.74) is -1.97. The Hall–Kier alpha value is -3.72. The van der Waals surface area contributed by atoms with Crippen molar-refractivity contribution in [2.24, 2.45) is 0 Å². The van der Waals surface area contributed by atoms with E-state index in [0.717, 1.165) is 18.2 Å². The van der Waals surface area contributed by atoms with Gasteiger partial charge in [-0.15, -0.1) is 0 Å². The van der Waals surface area contributed by atoms with Gasteiger partial charge in [-0.1, -0.05) is 29.8 Å². The van der Waals surface area contributed by atoms with Gasteiger partial charge in [0.2, 0.25) is 0 Å². The third-order valence-electron chi connectivity index (χ3n) is 4.56. The van der Waals surface area contributed by atoms with Crippen molar-refractivity contribution in [3.8, 4) is 11.3 Å². The SMILES string of the molecule is O=C(c1cc(-c2ccc(Cl)cc2F)nc2[nH]c(Nc3ccccc3)cc(=O)c12)C(F)(F)F. The zero-order chi connectivity index (χ0) is 23.0. The summed E-state index contributed by atoms with van der Waals surface area (Å²) in [4.78, 5) is 31.6. The molecule has 32 heavy (non-hydrogen) atoms. The second-order valence-electron chi connectivity index (χ2n) is 6.77. The number of ketones is 1. The van der Waals surface area contributed by atoms with Gasteiger partial charge < -0.3 is 10.3 Å². The van der Waals surface area contributed by atoms with Crippen LogP contribution in [0.15, 0.2) is 65.5 Å². The number of alkyl halides is 3. The summed E-state index contributed by atoms with van der Waals surface area (Å²) in [5.74, 6) is -2.97. The van der Waals surface area contributed by atoms with Crippen molar-refractivity contribution in [3.05, 3.63) is 87.3 Å². The van der Waals surface area contributed by atoms with E-state index in [9.17, 15) is 27.2 Å². The lowest BCUT2D eigenvalue weighted by Gasteiger charge is -2.13. The number of para-hydroxylation sites is 1. The number of carbonyl (C=O) groups is 1. The maximum Gasteiger partial charge on any atom is 0.454 e. The summed E-state index contributed by atoms with van der Waals surface area (Å²) in [7, 11) is 0. The number of nitrogens with one attached hydrogen (secondary N) is 2. The van der Waals surface area contributed by atoms with Gasteiger partial charge in [-0.3, -0.25) is 9.59 Å². The minimum Gasteiger partial charge on any atom is -0.342 e. The number of anilines is 2. The van der Waals surface area contributed by atoms with E-state index in [1.165, 1.54) is 12.1 Å². The molecular formula is C22H12ClF4N3O2. The number of halogens is 5. The largest absolute Gasteiger partial charge is 0.454 e. The molecule has 0 amide bonds. The summed E-state index contributed by atoms with van der Waals surface area (Å²) in [6, 6.07) is 13.9. The summed E-state index contributed by atoms with van der Waals surface area (Å²) in [6.45, 7) is 0. The van der Waals surface area contributed by atoms with E-state index < -0.39 is 34.2 Å². The Kier molecular flexibility index (Phi) is 5.43. The van der Waals surface area contributed by atoms with Crippen LogP contribution in [-0.2, 0) is 0 Å². The lowest BCUT2D eigenvalue weighted by Crippen LogP contribution is -2.25. The minimum absolute atomic E-state index is 0.0707. The normalized spacial score (nSPS) is 11.5. The molecule has 0 saturated carbocycles. The van der Waals surface area contributed by atoms with Crippen LogP contribution >= 0.6 is 11.6 Å². The van der Waals surface area contributed by atoms with Crippen LogP contribution in [0.25, 0.3) is 22.3 Å². The van der Waals surface area contributed by atoms with Gasteiger partial charge in [0.25, 0.3) is 5.78 Å². The Labute approximate surface area is 182 Å². The molecule has 5 nitrogen and oxygen atoms in total. The topological polar surface area (TPSA) is 74.8 Å². The molecule has 0 fully saturated rings. The number of Topliss-reactive ketones (excluding diaryl/α,β-unsaturated/α-hetero) is 1. The highest BCUT2D eigenvalue weighted by Gasteiger charge is 2.41. The van der Waals surface area contributed by atoms with E-state index in [4.69, 9.17) is 11.6 Å². The van der Waals surface area contributed by atoms with E-state index in [-0.39, 0.29) is 27.7 Å². The number of aromatic amines is 1. The molecule has 2 N–H and O–H groups in total. The molecular weight excluding hydrogens is 450 g/mol. The number of hydrogen-bond donors (Lipinski definition) is 2. The van der Waals surface area contributed by atoms with Crippen LogP contribution in [-0.4, -0.2) is 21.9 Å². The Bertz CT molecular complexity index is 1400. The third kappa shape index (κ3) is 4.19. The van der Waals surface area contributed by atoms with Gasteiger partial charge in [-0.25, -0.2) is 9.37 Å². The lowest BCUT2D eigenvalue weighted by molar-refractivity contribution is -0.0884. The zero-order valence-electron chi connectivity index (χ0n) is 15.9. The predicted molar refractivity (Wildman–Crippen MR) is 113 cm³/mol. The van der Waals surface area contributed by atoms with Gasteiger partial charge in [0.05, 0.1) is 11.1 Å². The number of H-pyrrole nitrogens is 1. The summed E-state index contributed by atoms with van der Waals surface area (Å²) in [5, 5.41) is 2.42. The van der Waals surface area contributed by atoms with Crippen LogP contribution in [0, 0.1) is 5.82 Å². The molecule has 2 aromatic carbocycles. The number of aromatic nitrogens is 2. The number of fused-ring (bicyclic) bond motifs is 1. The Morgan fingerprint density at radius 2 is 1.75 bits per heavy atom. The van der Waals surface area contributed by atoms with Crippen LogP contribution < -0.4 is 10.7 Å². The highest BCUT2D eigenvalue weighted by atomic mass is 35.5. The van der Waals surface area contributed by atoms with Crippen molar-refractivity contribution in [2.45, 2.75) is 6.18 Å².